The number of rotatable bonds is 0. The fourth-order valence-corrected chi connectivity index (χ4v) is 1.12. The van der Waals surface area contributed by atoms with Crippen molar-refractivity contribution in [2.24, 2.45) is 0 Å². The molecule has 0 aromatic heterocycles. The van der Waals surface area contributed by atoms with Gasteiger partial charge in [0.2, 0.25) is 0 Å². The second-order valence-corrected chi connectivity index (χ2v) is 2.54. The average molecular weight is 134 g/mol. The lowest BCUT2D eigenvalue weighted by Crippen LogP contribution is -2.30. The van der Waals surface area contributed by atoms with Crippen molar-refractivity contribution in [1.29, 1.82) is 0 Å². The molecule has 0 aromatic rings. The van der Waals surface area contributed by atoms with Crippen molar-refractivity contribution >= 4 is 0 Å². The second-order valence-electron chi connectivity index (χ2n) is 2.54. The Kier molecular flexibility index (Phi) is 3.11. The zero-order chi connectivity index (χ0) is 6.04. The molecule has 1 fully saturated rings. The van der Waals surface area contributed by atoms with Crippen molar-refractivity contribution in [1.82, 2.24) is 0 Å². The minimum Gasteiger partial charge on any atom is -0.412 e. The molecule has 0 heterocycles. The van der Waals surface area contributed by atoms with E-state index < -0.39 is 5.79 Å². The van der Waals surface area contributed by atoms with Gasteiger partial charge in [-0.2, -0.15) is 0 Å². The molecule has 1 saturated carbocycles. The van der Waals surface area contributed by atoms with Crippen molar-refractivity contribution in [3.8, 4) is 0 Å². The van der Waals surface area contributed by atoms with Crippen molar-refractivity contribution in [3.63, 3.8) is 0 Å². The Bertz CT molecular complexity index is 72.4. The van der Waals surface area contributed by atoms with Gasteiger partial charge in [-0.1, -0.05) is 6.42 Å². The van der Waals surface area contributed by atoms with Gasteiger partial charge in [-0.3, -0.25) is 0 Å². The first-order chi connectivity index (χ1) is 3.71. The first kappa shape index (κ1) is 8.88. The Balaban J connectivity index is 0.000000640. The highest BCUT2D eigenvalue weighted by Crippen LogP contribution is 2.24. The first-order valence-corrected chi connectivity index (χ1v) is 3.15. The van der Waals surface area contributed by atoms with E-state index in [-0.39, 0.29) is 5.48 Å². The van der Waals surface area contributed by atoms with E-state index in [9.17, 15) is 0 Å². The molecule has 1 aliphatic carbocycles. The van der Waals surface area contributed by atoms with E-state index in [1.807, 2.05) is 0 Å². The van der Waals surface area contributed by atoms with Crippen LogP contribution in [0, 0.1) is 0 Å². The summed E-state index contributed by atoms with van der Waals surface area (Å²) >= 11 is 0. The fraction of sp³-hybridized carbons (Fsp3) is 1.00. The quantitative estimate of drug-likeness (QED) is 0.450. The fourth-order valence-electron chi connectivity index (χ4n) is 1.12. The van der Waals surface area contributed by atoms with Crippen LogP contribution in [-0.4, -0.2) is 21.5 Å². The van der Waals surface area contributed by atoms with Crippen LogP contribution in [0.15, 0.2) is 0 Å². The van der Waals surface area contributed by atoms with E-state index in [2.05, 4.69) is 0 Å². The monoisotopic (exact) mass is 134 g/mol. The van der Waals surface area contributed by atoms with Crippen LogP contribution >= 0.6 is 0 Å². The molecule has 1 aliphatic rings. The third-order valence-electron chi connectivity index (χ3n) is 1.65. The second kappa shape index (κ2) is 3.15. The maximum atomic E-state index is 8.93. The van der Waals surface area contributed by atoms with Crippen molar-refractivity contribution in [2.45, 2.75) is 37.9 Å². The summed E-state index contributed by atoms with van der Waals surface area (Å²) in [5.41, 5.74) is 0. The van der Waals surface area contributed by atoms with Crippen LogP contribution in [0.25, 0.3) is 0 Å². The molecule has 0 atom stereocenters. The third kappa shape index (κ3) is 2.79. The summed E-state index contributed by atoms with van der Waals surface area (Å²) in [6.45, 7) is 0. The molecule has 0 saturated heterocycles. The zero-order valence-corrected chi connectivity index (χ0v) is 5.43. The molecule has 0 amide bonds. The van der Waals surface area contributed by atoms with Gasteiger partial charge in [0.25, 0.3) is 0 Å². The van der Waals surface area contributed by atoms with Crippen LogP contribution in [0.1, 0.15) is 32.1 Å². The lowest BCUT2D eigenvalue weighted by atomic mass is 9.95. The van der Waals surface area contributed by atoms with Gasteiger partial charge < -0.3 is 15.7 Å². The minimum absolute atomic E-state index is 0. The molecule has 0 aliphatic heterocycles. The van der Waals surface area contributed by atoms with Gasteiger partial charge in [0.1, 0.15) is 0 Å². The highest BCUT2D eigenvalue weighted by atomic mass is 16.5. The van der Waals surface area contributed by atoms with Gasteiger partial charge in [0.15, 0.2) is 5.79 Å². The summed E-state index contributed by atoms with van der Waals surface area (Å²) in [5, 5.41) is 17.9. The normalized spacial score (nSPS) is 24.7. The van der Waals surface area contributed by atoms with E-state index in [1.54, 1.807) is 0 Å². The first-order valence-electron chi connectivity index (χ1n) is 3.15. The standard InChI is InChI=1S/C6H12O2.H2O/c7-6(8)4-2-1-3-5-6;/h7-8H,1-5H2;1H2. The van der Waals surface area contributed by atoms with Crippen LogP contribution in [0.2, 0.25) is 0 Å². The van der Waals surface area contributed by atoms with E-state index in [4.69, 9.17) is 10.2 Å². The predicted molar refractivity (Wildman–Crippen MR) is 33.9 cm³/mol. The van der Waals surface area contributed by atoms with E-state index >= 15 is 0 Å². The lowest BCUT2D eigenvalue weighted by Gasteiger charge is -2.25. The lowest BCUT2D eigenvalue weighted by molar-refractivity contribution is -0.180. The van der Waals surface area contributed by atoms with Gasteiger partial charge in [-0.15, -0.1) is 0 Å². The topological polar surface area (TPSA) is 72.0 Å². The van der Waals surface area contributed by atoms with Crippen molar-refractivity contribution in [2.75, 3.05) is 0 Å². The molecule has 0 radical (unpaired) electrons. The van der Waals surface area contributed by atoms with Crippen LogP contribution in [0.3, 0.4) is 0 Å². The van der Waals surface area contributed by atoms with Gasteiger partial charge in [-0.05, 0) is 12.8 Å². The van der Waals surface area contributed by atoms with Gasteiger partial charge >= 0.3 is 0 Å². The van der Waals surface area contributed by atoms with Gasteiger partial charge in [0, 0.05) is 12.8 Å². The van der Waals surface area contributed by atoms with Gasteiger partial charge in [-0.25, -0.2) is 0 Å². The smallest absolute Gasteiger partial charge is 0.162 e. The maximum Gasteiger partial charge on any atom is 0.162 e. The van der Waals surface area contributed by atoms with Crippen molar-refractivity contribution in [3.05, 3.63) is 0 Å². The summed E-state index contributed by atoms with van der Waals surface area (Å²) in [6.07, 6.45) is 4.21. The molecule has 0 spiro atoms. The Morgan fingerprint density at radius 2 is 1.33 bits per heavy atom. The third-order valence-corrected chi connectivity index (χ3v) is 1.65. The van der Waals surface area contributed by atoms with Crippen LogP contribution in [0.5, 0.6) is 0 Å². The largest absolute Gasteiger partial charge is 0.412 e. The van der Waals surface area contributed by atoms with E-state index in [1.165, 1.54) is 0 Å². The molecule has 1 rings (SSSR count). The SMILES string of the molecule is O.OC1(O)CCCCC1. The summed E-state index contributed by atoms with van der Waals surface area (Å²) in [4.78, 5) is 0. The van der Waals surface area contributed by atoms with Crippen molar-refractivity contribution < 1.29 is 15.7 Å². The maximum absolute atomic E-state index is 8.93. The molecule has 9 heavy (non-hydrogen) atoms. The zero-order valence-electron chi connectivity index (χ0n) is 5.43. The number of hydrogen-bond donors (Lipinski definition) is 2. The highest BCUT2D eigenvalue weighted by Gasteiger charge is 2.24. The summed E-state index contributed by atoms with van der Waals surface area (Å²) in [7, 11) is 0. The van der Waals surface area contributed by atoms with Crippen LogP contribution in [0.4, 0.5) is 0 Å². The Morgan fingerprint density at radius 3 is 1.56 bits per heavy atom. The van der Waals surface area contributed by atoms with Crippen LogP contribution < -0.4 is 0 Å². The predicted octanol–water partition coefficient (Wildman–Crippen LogP) is -0.193. The van der Waals surface area contributed by atoms with E-state index in [0.29, 0.717) is 12.8 Å². The molecule has 3 heteroatoms. The summed E-state index contributed by atoms with van der Waals surface area (Å²) < 4.78 is 0. The molecular weight excluding hydrogens is 120 g/mol. The molecule has 4 N–H and O–H groups in total. The Labute approximate surface area is 54.6 Å². The molecule has 0 unspecified atom stereocenters. The van der Waals surface area contributed by atoms with Gasteiger partial charge in [0.05, 0.1) is 0 Å². The Hall–Kier alpha value is -0.120. The molecule has 0 bridgehead atoms. The molecule has 3 nitrogen and oxygen atoms in total. The Morgan fingerprint density at radius 1 is 0.889 bits per heavy atom. The molecule has 56 valence electrons. The van der Waals surface area contributed by atoms with E-state index in [0.717, 1.165) is 19.3 Å². The summed E-state index contributed by atoms with van der Waals surface area (Å²) in [6, 6.07) is 0. The molecular formula is C6H14O3. The van der Waals surface area contributed by atoms with Crippen LogP contribution in [-0.2, 0) is 0 Å². The number of aliphatic hydroxyl groups is 2. The minimum atomic E-state index is -1.32. The molecule has 0 aromatic carbocycles. The average Bonchev–Trinajstić information content (AvgIpc) is 1.65. The highest BCUT2D eigenvalue weighted by molar-refractivity contribution is 4.69. The summed E-state index contributed by atoms with van der Waals surface area (Å²) in [5.74, 6) is -1.32. The number of hydrogen-bond acceptors (Lipinski definition) is 2.